The van der Waals surface area contributed by atoms with Gasteiger partial charge in [0.1, 0.15) is 0 Å². The van der Waals surface area contributed by atoms with Crippen molar-refractivity contribution < 1.29 is 9.90 Å². The molecule has 0 amide bonds. The van der Waals surface area contributed by atoms with Crippen LogP contribution in [0, 0.1) is 22.7 Å². The van der Waals surface area contributed by atoms with Crippen LogP contribution in [0.4, 0.5) is 0 Å². The fraction of sp³-hybridized carbons (Fsp3) is 0.750. The maximum Gasteiger partial charge on any atom is 0.310 e. The van der Waals surface area contributed by atoms with E-state index in [1.807, 2.05) is 0 Å². The lowest BCUT2D eigenvalue weighted by Crippen LogP contribution is -2.46. The van der Waals surface area contributed by atoms with Crippen molar-refractivity contribution in [2.24, 2.45) is 22.7 Å². The Morgan fingerprint density at radius 3 is 2.29 bits per heavy atom. The molecule has 0 radical (unpaired) electrons. The van der Waals surface area contributed by atoms with E-state index < -0.39 is 11.4 Å². The molecule has 0 saturated heterocycles. The first kappa shape index (κ1) is 9.75. The van der Waals surface area contributed by atoms with Crippen molar-refractivity contribution >= 4 is 5.97 Å². The summed E-state index contributed by atoms with van der Waals surface area (Å²) < 4.78 is 0. The highest BCUT2D eigenvalue weighted by molar-refractivity contribution is 5.77. The van der Waals surface area contributed by atoms with Gasteiger partial charge in [-0.05, 0) is 30.1 Å². The zero-order valence-corrected chi connectivity index (χ0v) is 9.08. The van der Waals surface area contributed by atoms with E-state index in [1.165, 1.54) is 0 Å². The summed E-state index contributed by atoms with van der Waals surface area (Å²) in [5.74, 6) is 0.155. The molecule has 0 aromatic heterocycles. The molecule has 3 atom stereocenters. The molecule has 2 rings (SSSR count). The van der Waals surface area contributed by atoms with Crippen LogP contribution in [0.25, 0.3) is 0 Å². The summed E-state index contributed by atoms with van der Waals surface area (Å²) >= 11 is 0. The Morgan fingerprint density at radius 2 is 2.07 bits per heavy atom. The minimum absolute atomic E-state index is 0.150. The highest BCUT2D eigenvalue weighted by Crippen LogP contribution is 2.60. The number of carbonyl (C=O) groups is 1. The summed E-state index contributed by atoms with van der Waals surface area (Å²) in [7, 11) is 0. The third kappa shape index (κ3) is 0.999. The number of carboxylic acids is 1. The lowest BCUT2D eigenvalue weighted by molar-refractivity contribution is -0.159. The third-order valence-electron chi connectivity index (χ3n) is 4.11. The number of hydrogen-bond acceptors (Lipinski definition) is 1. The van der Waals surface area contributed by atoms with Crippen molar-refractivity contribution in [3.8, 4) is 0 Å². The monoisotopic (exact) mass is 194 g/mol. The smallest absolute Gasteiger partial charge is 0.310 e. The maximum absolute atomic E-state index is 11.5. The lowest BCUT2D eigenvalue weighted by atomic mass is 9.60. The van der Waals surface area contributed by atoms with Gasteiger partial charge in [-0.25, -0.2) is 0 Å². The fourth-order valence-corrected chi connectivity index (χ4v) is 3.29. The van der Waals surface area contributed by atoms with Gasteiger partial charge in [-0.2, -0.15) is 0 Å². The highest BCUT2D eigenvalue weighted by Gasteiger charge is 2.59. The maximum atomic E-state index is 11.5. The van der Waals surface area contributed by atoms with E-state index in [1.54, 1.807) is 0 Å². The molecule has 3 unspecified atom stereocenters. The molecule has 14 heavy (non-hydrogen) atoms. The molecule has 1 fully saturated rings. The van der Waals surface area contributed by atoms with Gasteiger partial charge >= 0.3 is 5.97 Å². The number of rotatable bonds is 1. The Morgan fingerprint density at radius 1 is 1.43 bits per heavy atom. The molecular formula is C12H18O2. The topological polar surface area (TPSA) is 37.3 Å². The second-order valence-corrected chi connectivity index (χ2v) is 5.72. The minimum Gasteiger partial charge on any atom is -0.481 e. The quantitative estimate of drug-likeness (QED) is 0.652. The van der Waals surface area contributed by atoms with Crippen molar-refractivity contribution in [2.45, 2.75) is 33.6 Å². The predicted molar refractivity (Wildman–Crippen MR) is 54.9 cm³/mol. The fourth-order valence-electron chi connectivity index (χ4n) is 3.29. The molecule has 2 aliphatic rings. The van der Waals surface area contributed by atoms with Gasteiger partial charge in [-0.15, -0.1) is 0 Å². The molecule has 0 heterocycles. The first-order valence-corrected chi connectivity index (χ1v) is 5.29. The van der Waals surface area contributed by atoms with Gasteiger partial charge in [0.05, 0.1) is 5.41 Å². The summed E-state index contributed by atoms with van der Waals surface area (Å²) in [6, 6.07) is 0. The van der Waals surface area contributed by atoms with E-state index in [2.05, 4.69) is 32.9 Å². The van der Waals surface area contributed by atoms with Crippen LogP contribution in [0.5, 0.6) is 0 Å². The number of carboxylic acid groups (broad SMARTS) is 1. The highest BCUT2D eigenvalue weighted by atomic mass is 16.4. The molecule has 2 aliphatic carbocycles. The van der Waals surface area contributed by atoms with Crippen molar-refractivity contribution in [1.82, 2.24) is 0 Å². The van der Waals surface area contributed by atoms with Gasteiger partial charge in [-0.3, -0.25) is 4.79 Å². The van der Waals surface area contributed by atoms with Crippen molar-refractivity contribution in [1.29, 1.82) is 0 Å². The molecule has 2 heteroatoms. The average Bonchev–Trinajstić information content (AvgIpc) is 2.59. The average molecular weight is 194 g/mol. The summed E-state index contributed by atoms with van der Waals surface area (Å²) in [4.78, 5) is 11.5. The summed E-state index contributed by atoms with van der Waals surface area (Å²) in [5.41, 5.74) is -0.671. The Kier molecular flexibility index (Phi) is 1.82. The van der Waals surface area contributed by atoms with Crippen LogP contribution in [-0.2, 0) is 4.79 Å². The molecule has 1 saturated carbocycles. The van der Waals surface area contributed by atoms with Crippen LogP contribution in [0.3, 0.4) is 0 Å². The Balaban J connectivity index is 2.44. The van der Waals surface area contributed by atoms with Crippen LogP contribution in [0.15, 0.2) is 12.2 Å². The summed E-state index contributed by atoms with van der Waals surface area (Å²) in [5, 5.41) is 9.49. The van der Waals surface area contributed by atoms with Crippen LogP contribution in [0.1, 0.15) is 33.6 Å². The van der Waals surface area contributed by atoms with Gasteiger partial charge in [0.15, 0.2) is 0 Å². The lowest BCUT2D eigenvalue weighted by Gasteiger charge is -2.42. The molecule has 78 valence electrons. The molecule has 0 spiro atoms. The van der Waals surface area contributed by atoms with Gasteiger partial charge in [-0.1, -0.05) is 32.9 Å². The molecule has 1 N–H and O–H groups in total. The second kappa shape index (κ2) is 2.62. The third-order valence-corrected chi connectivity index (χ3v) is 4.11. The van der Waals surface area contributed by atoms with Crippen LogP contribution < -0.4 is 0 Å². The molecule has 0 aromatic carbocycles. The number of hydrogen-bond donors (Lipinski definition) is 1. The standard InChI is InChI=1S/C12H18O2/c1-11(2,3)12(10(13)14)7-8-4-5-9(12)6-8/h4-5,8-9H,6-7H2,1-3H3,(H,13,14). The van der Waals surface area contributed by atoms with Crippen LogP contribution >= 0.6 is 0 Å². The predicted octanol–water partition coefficient (Wildman–Crippen LogP) is 2.70. The first-order chi connectivity index (χ1) is 6.38. The normalized spacial score (nSPS) is 40.5. The Labute approximate surface area is 85.0 Å². The molecule has 0 aliphatic heterocycles. The number of aliphatic carboxylic acids is 1. The Bertz CT molecular complexity index is 298. The van der Waals surface area contributed by atoms with E-state index in [4.69, 9.17) is 0 Å². The van der Waals surface area contributed by atoms with Gasteiger partial charge in [0, 0.05) is 0 Å². The zero-order chi connectivity index (χ0) is 10.6. The molecule has 2 nitrogen and oxygen atoms in total. The van der Waals surface area contributed by atoms with Crippen LogP contribution in [0.2, 0.25) is 0 Å². The van der Waals surface area contributed by atoms with E-state index in [0.717, 1.165) is 12.8 Å². The summed E-state index contributed by atoms with van der Waals surface area (Å²) in [6.45, 7) is 6.15. The van der Waals surface area contributed by atoms with Crippen LogP contribution in [-0.4, -0.2) is 11.1 Å². The van der Waals surface area contributed by atoms with E-state index >= 15 is 0 Å². The minimum atomic E-state index is -0.609. The van der Waals surface area contributed by atoms with E-state index in [9.17, 15) is 9.90 Å². The van der Waals surface area contributed by atoms with E-state index in [-0.39, 0.29) is 11.3 Å². The van der Waals surface area contributed by atoms with E-state index in [0.29, 0.717) is 5.92 Å². The summed E-state index contributed by atoms with van der Waals surface area (Å²) in [6.07, 6.45) is 6.18. The van der Waals surface area contributed by atoms with Crippen molar-refractivity contribution in [2.75, 3.05) is 0 Å². The first-order valence-electron chi connectivity index (χ1n) is 5.29. The SMILES string of the molecule is CC(C)(C)C1(C(=O)O)CC2C=CC1C2. The number of allylic oxidation sites excluding steroid dienone is 2. The molecular weight excluding hydrogens is 176 g/mol. The Hall–Kier alpha value is -0.790. The van der Waals surface area contributed by atoms with Crippen molar-refractivity contribution in [3.05, 3.63) is 12.2 Å². The number of fused-ring (bicyclic) bond motifs is 2. The largest absolute Gasteiger partial charge is 0.481 e. The molecule has 2 bridgehead atoms. The molecule has 0 aromatic rings. The van der Waals surface area contributed by atoms with Gasteiger partial charge in [0.25, 0.3) is 0 Å². The zero-order valence-electron chi connectivity index (χ0n) is 9.08. The second-order valence-electron chi connectivity index (χ2n) is 5.72. The van der Waals surface area contributed by atoms with Gasteiger partial charge < -0.3 is 5.11 Å². The van der Waals surface area contributed by atoms with Gasteiger partial charge in [0.2, 0.25) is 0 Å². The van der Waals surface area contributed by atoms with Crippen molar-refractivity contribution in [3.63, 3.8) is 0 Å².